The van der Waals surface area contributed by atoms with E-state index in [1.54, 1.807) is 0 Å². The summed E-state index contributed by atoms with van der Waals surface area (Å²) in [6.07, 6.45) is 0. The monoisotopic (exact) mass is 1210 g/mol. The minimum Gasteiger partial charge on any atom is -0.399 e. The molecule has 430 valence electrons. The number of hydrogen-bond acceptors (Lipinski definition) is 8. The third kappa shape index (κ3) is 12.6. The standard InChI is InChI=1S/C36H27N3.C23H14BrN.C19H25BN2O2/c1-23-24(2)38-36(39-25(23)3)31-18-16-30(17-19-31)33-21-20-32(34-6-4-5-7-35(33)34)29-14-12-28(13-15-29)27-10-8-26(22-37)9-11-27;24-23-14-13-20(21-3-1-2-4-22(21)23)19-11-9-18(10-12-19)17-7-5-16(15-25)6-8-17;1-12-13(2)21-17(22-14(12)3)15-8-10-16(11-9-15)20-23-18(4,5)19(6,7)24-20/h4-21H,1-3H3;1-14H;8-11H,1-7H3. The highest BCUT2D eigenvalue weighted by molar-refractivity contribution is 9.10. The molecule has 0 radical (unpaired) electrons. The molecule has 1 aliphatic heterocycles. The van der Waals surface area contributed by atoms with E-state index in [1.165, 1.54) is 54.9 Å². The summed E-state index contributed by atoms with van der Waals surface area (Å²) < 4.78 is 13.3. The molecule has 13 rings (SSSR count). The summed E-state index contributed by atoms with van der Waals surface area (Å²) >= 11 is 3.63. The van der Waals surface area contributed by atoms with Crippen molar-refractivity contribution in [1.82, 2.24) is 19.9 Å². The van der Waals surface area contributed by atoms with Gasteiger partial charge in [0.05, 0.1) is 34.5 Å². The van der Waals surface area contributed by atoms with Gasteiger partial charge in [0.15, 0.2) is 11.6 Å². The number of rotatable bonds is 8. The molecule has 0 unspecified atom stereocenters. The number of halogens is 1. The van der Waals surface area contributed by atoms with E-state index in [9.17, 15) is 0 Å². The molecule has 10 heteroatoms. The van der Waals surface area contributed by atoms with Crippen molar-refractivity contribution in [2.45, 2.75) is 80.4 Å². The van der Waals surface area contributed by atoms with Gasteiger partial charge < -0.3 is 9.31 Å². The Morgan fingerprint density at radius 2 is 0.614 bits per heavy atom. The topological polar surface area (TPSA) is 118 Å². The zero-order valence-corrected chi connectivity index (χ0v) is 52.8. The van der Waals surface area contributed by atoms with Gasteiger partial charge in [0, 0.05) is 38.4 Å². The lowest BCUT2D eigenvalue weighted by Gasteiger charge is -2.32. The fraction of sp³-hybridized carbons (Fsp3) is 0.154. The van der Waals surface area contributed by atoms with Crippen LogP contribution in [0.15, 0.2) is 223 Å². The summed E-state index contributed by atoms with van der Waals surface area (Å²) in [5, 5.41) is 22.9. The van der Waals surface area contributed by atoms with Crippen LogP contribution in [0, 0.1) is 64.2 Å². The smallest absolute Gasteiger partial charge is 0.399 e. The Balaban J connectivity index is 0.000000143. The zero-order chi connectivity index (χ0) is 61.9. The number of aryl methyl sites for hydroxylation is 4. The van der Waals surface area contributed by atoms with Crippen LogP contribution >= 0.6 is 15.9 Å². The number of benzene rings is 10. The van der Waals surface area contributed by atoms with Gasteiger partial charge in [-0.05, 0) is 193 Å². The van der Waals surface area contributed by atoms with Crippen LogP contribution in [0.5, 0.6) is 0 Å². The van der Waals surface area contributed by atoms with Crippen LogP contribution in [-0.2, 0) is 9.31 Å². The Morgan fingerprint density at radius 1 is 0.341 bits per heavy atom. The van der Waals surface area contributed by atoms with Crippen LogP contribution in [0.2, 0.25) is 0 Å². The van der Waals surface area contributed by atoms with Crippen LogP contribution in [0.3, 0.4) is 0 Å². The largest absolute Gasteiger partial charge is 0.494 e. The molecule has 8 nitrogen and oxygen atoms in total. The van der Waals surface area contributed by atoms with Crippen molar-refractivity contribution >= 4 is 50.1 Å². The first-order valence-corrected chi connectivity index (χ1v) is 30.3. The second-order valence-electron chi connectivity index (χ2n) is 23.4. The van der Waals surface area contributed by atoms with Gasteiger partial charge in [0.25, 0.3) is 0 Å². The molecule has 10 aromatic carbocycles. The van der Waals surface area contributed by atoms with Crippen LogP contribution in [0.25, 0.3) is 100.0 Å². The fourth-order valence-electron chi connectivity index (χ4n) is 10.8. The summed E-state index contributed by atoms with van der Waals surface area (Å²) in [5.74, 6) is 1.53. The molecule has 0 N–H and O–H groups in total. The molecule has 1 saturated heterocycles. The highest BCUT2D eigenvalue weighted by atomic mass is 79.9. The van der Waals surface area contributed by atoms with Gasteiger partial charge >= 0.3 is 7.12 Å². The van der Waals surface area contributed by atoms with Crippen molar-refractivity contribution in [3.05, 3.63) is 268 Å². The molecule has 88 heavy (non-hydrogen) atoms. The molecule has 0 spiro atoms. The first kappa shape index (κ1) is 60.0. The molecular weight excluding hydrogens is 1140 g/mol. The van der Waals surface area contributed by atoms with E-state index < -0.39 is 0 Å². The number of nitriles is 2. The quantitative estimate of drug-likeness (QED) is 0.138. The van der Waals surface area contributed by atoms with Crippen LogP contribution < -0.4 is 5.46 Å². The number of nitrogens with zero attached hydrogens (tertiary/aromatic N) is 6. The van der Waals surface area contributed by atoms with Gasteiger partial charge in [-0.15, -0.1) is 0 Å². The maximum absolute atomic E-state index is 9.07. The lowest BCUT2D eigenvalue weighted by Crippen LogP contribution is -2.41. The third-order valence-electron chi connectivity index (χ3n) is 17.3. The predicted molar refractivity (Wildman–Crippen MR) is 365 cm³/mol. The van der Waals surface area contributed by atoms with Gasteiger partial charge in [0.1, 0.15) is 0 Å². The van der Waals surface area contributed by atoms with Gasteiger partial charge in [0.2, 0.25) is 0 Å². The third-order valence-corrected chi connectivity index (χ3v) is 18.0. The molecule has 1 fully saturated rings. The first-order valence-electron chi connectivity index (χ1n) is 29.5. The minimum atomic E-state index is -0.341. The summed E-state index contributed by atoms with van der Waals surface area (Å²) in [7, 11) is -0.341. The van der Waals surface area contributed by atoms with Crippen molar-refractivity contribution in [2.24, 2.45) is 0 Å². The Hall–Kier alpha value is -9.68. The molecule has 0 saturated carbocycles. The number of fused-ring (bicyclic) bond motifs is 2. The molecule has 12 aromatic rings. The van der Waals surface area contributed by atoms with E-state index in [1.807, 2.05) is 100 Å². The lowest BCUT2D eigenvalue weighted by atomic mass is 9.79. The van der Waals surface area contributed by atoms with E-state index >= 15 is 0 Å². The molecule has 0 amide bonds. The van der Waals surface area contributed by atoms with Gasteiger partial charge in [-0.1, -0.05) is 204 Å². The van der Waals surface area contributed by atoms with Crippen molar-refractivity contribution in [3.63, 3.8) is 0 Å². The highest BCUT2D eigenvalue weighted by Gasteiger charge is 2.51. The van der Waals surface area contributed by atoms with Crippen molar-refractivity contribution in [2.75, 3.05) is 0 Å². The maximum atomic E-state index is 9.07. The lowest BCUT2D eigenvalue weighted by molar-refractivity contribution is 0.00578. The van der Waals surface area contributed by atoms with Gasteiger partial charge in [-0.2, -0.15) is 10.5 Å². The van der Waals surface area contributed by atoms with Crippen molar-refractivity contribution in [1.29, 1.82) is 10.5 Å². The molecule has 0 aliphatic carbocycles. The van der Waals surface area contributed by atoms with Crippen molar-refractivity contribution in [3.8, 4) is 90.5 Å². The Kier molecular flexibility index (Phi) is 17.3. The second-order valence-corrected chi connectivity index (χ2v) is 24.2. The van der Waals surface area contributed by atoms with E-state index in [0.29, 0.717) is 11.1 Å². The average Bonchev–Trinajstić information content (AvgIpc) is 1.99. The maximum Gasteiger partial charge on any atom is 0.494 e. The van der Waals surface area contributed by atoms with Gasteiger partial charge in [-0.3, -0.25) is 0 Å². The minimum absolute atomic E-state index is 0.329. The molecular formula is C78H66BBrN6O2. The van der Waals surface area contributed by atoms with E-state index in [0.717, 1.165) is 88.9 Å². The molecule has 2 aromatic heterocycles. The summed E-state index contributed by atoms with van der Waals surface area (Å²) in [6.45, 7) is 20.5. The average molecular weight is 1210 g/mol. The van der Waals surface area contributed by atoms with E-state index in [4.69, 9.17) is 29.8 Å². The molecule has 1 aliphatic rings. The fourth-order valence-corrected chi connectivity index (χ4v) is 11.3. The summed E-state index contributed by atoms with van der Waals surface area (Å²) in [5.41, 5.74) is 21.8. The Morgan fingerprint density at radius 3 is 0.955 bits per heavy atom. The normalized spacial score (nSPS) is 13.0. The molecule has 0 atom stereocenters. The summed E-state index contributed by atoms with van der Waals surface area (Å²) in [6, 6.07) is 79.4. The molecule has 3 heterocycles. The Labute approximate surface area is 525 Å². The Bertz CT molecular complexity index is 4570. The SMILES string of the molecule is Cc1nc(-c2ccc(-c3ccc(-c4ccc(-c5ccc(C#N)cc5)cc4)c4ccccc34)cc2)nc(C)c1C.Cc1nc(-c2ccc(B3OC(C)(C)C(C)(C)O3)cc2)nc(C)c1C.N#Cc1ccc(-c2ccc(-c3ccc(Br)c4ccccc34)cc2)cc1. The van der Waals surface area contributed by atoms with Crippen molar-refractivity contribution < 1.29 is 9.31 Å². The molecule has 0 bridgehead atoms. The van der Waals surface area contributed by atoms with Crippen LogP contribution in [-0.4, -0.2) is 38.3 Å². The second kappa shape index (κ2) is 25.3. The summed E-state index contributed by atoms with van der Waals surface area (Å²) in [4.78, 5) is 18.6. The van der Waals surface area contributed by atoms with Crippen LogP contribution in [0.4, 0.5) is 0 Å². The van der Waals surface area contributed by atoms with Gasteiger partial charge in [-0.25, -0.2) is 19.9 Å². The van der Waals surface area contributed by atoms with E-state index in [-0.39, 0.29) is 18.3 Å². The predicted octanol–water partition coefficient (Wildman–Crippen LogP) is 19.3. The van der Waals surface area contributed by atoms with Crippen LogP contribution in [0.1, 0.15) is 72.7 Å². The van der Waals surface area contributed by atoms with E-state index in [2.05, 4.69) is 225 Å². The first-order chi connectivity index (χ1) is 42.4. The highest BCUT2D eigenvalue weighted by Crippen LogP contribution is 2.39. The zero-order valence-electron chi connectivity index (χ0n) is 51.2. The number of hydrogen-bond donors (Lipinski definition) is 0. The number of aromatic nitrogens is 4.